The molecule has 0 unspecified atom stereocenters. The maximum atomic E-state index is 9.15. The van der Waals surface area contributed by atoms with Crippen LogP contribution in [0.25, 0.3) is 6.08 Å². The fraction of sp³-hybridized carbons (Fsp3) is 0.263. The van der Waals surface area contributed by atoms with Crippen LogP contribution in [0.3, 0.4) is 0 Å². The van der Waals surface area contributed by atoms with Crippen LogP contribution in [0.2, 0.25) is 0 Å². The van der Waals surface area contributed by atoms with Gasteiger partial charge in [-0.1, -0.05) is 18.2 Å². The van der Waals surface area contributed by atoms with Gasteiger partial charge in [-0.05, 0) is 42.0 Å². The third-order valence-electron chi connectivity index (χ3n) is 3.78. The van der Waals surface area contributed by atoms with Gasteiger partial charge in [-0.3, -0.25) is 0 Å². The number of hydrogen-bond donors (Lipinski definition) is 5. The van der Waals surface area contributed by atoms with E-state index in [1.165, 1.54) is 0 Å². The number of nitrogens with two attached hydrogens (primary N) is 2. The van der Waals surface area contributed by atoms with Crippen molar-refractivity contribution in [3.63, 3.8) is 0 Å². The number of benzene rings is 2. The van der Waals surface area contributed by atoms with Crippen molar-refractivity contribution in [1.82, 2.24) is 0 Å². The Bertz CT molecular complexity index is 698. The highest BCUT2D eigenvalue weighted by atomic mass is 16.3. The van der Waals surface area contributed by atoms with Crippen LogP contribution in [0, 0.1) is 0 Å². The lowest BCUT2D eigenvalue weighted by molar-refractivity contribution is 0.281. The summed E-state index contributed by atoms with van der Waals surface area (Å²) in [6.07, 6.45) is 3.92. The van der Waals surface area contributed by atoms with E-state index >= 15 is 0 Å². The molecule has 2 aromatic rings. The Balaban J connectivity index is 1.97. The Labute approximate surface area is 148 Å². The molecule has 134 valence electrons. The molecule has 6 heteroatoms. The van der Waals surface area contributed by atoms with Crippen molar-refractivity contribution in [2.75, 3.05) is 54.5 Å². The monoisotopic (exact) mass is 342 g/mol. The summed E-state index contributed by atoms with van der Waals surface area (Å²) in [4.78, 5) is 1.94. The smallest absolute Gasteiger partial charge is 0.0606 e. The van der Waals surface area contributed by atoms with Crippen LogP contribution < -0.4 is 21.7 Å². The Morgan fingerprint density at radius 1 is 1.00 bits per heavy atom. The third kappa shape index (κ3) is 5.70. The van der Waals surface area contributed by atoms with E-state index in [2.05, 4.69) is 5.32 Å². The molecule has 2 aromatic carbocycles. The molecule has 2 rings (SSSR count). The van der Waals surface area contributed by atoms with Gasteiger partial charge in [0.05, 0.1) is 13.2 Å². The molecule has 0 fully saturated rings. The van der Waals surface area contributed by atoms with Gasteiger partial charge in [0, 0.05) is 42.4 Å². The lowest BCUT2D eigenvalue weighted by Crippen LogP contribution is -2.29. The first kappa shape index (κ1) is 18.6. The standard InChI is InChI=1S/C19H26N4O2/c20-16-6-7-19(21)15(13-16)3-2-8-22-17-4-1-5-18(14-17)23(9-11-24)10-12-25/h1-7,13-14,22,24-25H,8-12,20-21H2/b3-2+. The molecule has 0 atom stereocenters. The van der Waals surface area contributed by atoms with Gasteiger partial charge in [0.25, 0.3) is 0 Å². The number of aliphatic hydroxyl groups is 2. The summed E-state index contributed by atoms with van der Waals surface area (Å²) in [7, 11) is 0. The van der Waals surface area contributed by atoms with Crippen molar-refractivity contribution >= 4 is 28.8 Å². The van der Waals surface area contributed by atoms with Crippen LogP contribution in [0.1, 0.15) is 5.56 Å². The highest BCUT2D eigenvalue weighted by molar-refractivity contribution is 5.68. The Morgan fingerprint density at radius 3 is 2.48 bits per heavy atom. The minimum Gasteiger partial charge on any atom is -0.399 e. The minimum absolute atomic E-state index is 0.0437. The quantitative estimate of drug-likeness (QED) is 0.445. The number of anilines is 4. The van der Waals surface area contributed by atoms with E-state index in [9.17, 15) is 0 Å². The highest BCUT2D eigenvalue weighted by Gasteiger charge is 2.05. The zero-order chi connectivity index (χ0) is 18.1. The van der Waals surface area contributed by atoms with E-state index < -0.39 is 0 Å². The van der Waals surface area contributed by atoms with Gasteiger partial charge in [0.1, 0.15) is 0 Å². The van der Waals surface area contributed by atoms with Gasteiger partial charge in [0.2, 0.25) is 0 Å². The molecule has 0 heterocycles. The summed E-state index contributed by atoms with van der Waals surface area (Å²) < 4.78 is 0. The van der Waals surface area contributed by atoms with Crippen molar-refractivity contribution in [2.45, 2.75) is 0 Å². The van der Waals surface area contributed by atoms with E-state index in [4.69, 9.17) is 21.7 Å². The zero-order valence-corrected chi connectivity index (χ0v) is 14.2. The maximum Gasteiger partial charge on any atom is 0.0606 e. The van der Waals surface area contributed by atoms with E-state index in [0.717, 1.165) is 16.9 Å². The molecule has 25 heavy (non-hydrogen) atoms. The third-order valence-corrected chi connectivity index (χ3v) is 3.78. The Hall–Kier alpha value is -2.70. The second-order valence-electron chi connectivity index (χ2n) is 5.66. The molecule has 7 N–H and O–H groups in total. The van der Waals surface area contributed by atoms with E-state index in [1.807, 2.05) is 47.4 Å². The summed E-state index contributed by atoms with van der Waals surface area (Å²) in [6, 6.07) is 13.3. The summed E-state index contributed by atoms with van der Waals surface area (Å²) in [5.74, 6) is 0. The van der Waals surface area contributed by atoms with Gasteiger partial charge in [-0.25, -0.2) is 0 Å². The molecule has 0 saturated heterocycles. The zero-order valence-electron chi connectivity index (χ0n) is 14.2. The number of nitrogens with one attached hydrogen (secondary N) is 1. The molecule has 0 aliphatic carbocycles. The highest BCUT2D eigenvalue weighted by Crippen LogP contribution is 2.20. The molecule has 0 amide bonds. The molecule has 6 nitrogen and oxygen atoms in total. The molecular weight excluding hydrogens is 316 g/mol. The average molecular weight is 342 g/mol. The van der Waals surface area contributed by atoms with Crippen LogP contribution in [-0.4, -0.2) is 43.1 Å². The minimum atomic E-state index is 0.0437. The summed E-state index contributed by atoms with van der Waals surface area (Å²) >= 11 is 0. The number of nitrogens with zero attached hydrogens (tertiary/aromatic N) is 1. The molecular formula is C19H26N4O2. The molecule has 0 aliphatic rings. The van der Waals surface area contributed by atoms with Gasteiger partial charge in [-0.15, -0.1) is 0 Å². The van der Waals surface area contributed by atoms with Gasteiger partial charge >= 0.3 is 0 Å². The van der Waals surface area contributed by atoms with Gasteiger partial charge in [0.15, 0.2) is 0 Å². The van der Waals surface area contributed by atoms with Crippen LogP contribution >= 0.6 is 0 Å². The molecule has 0 bridgehead atoms. The normalized spacial score (nSPS) is 11.0. The van der Waals surface area contributed by atoms with Crippen LogP contribution in [0.5, 0.6) is 0 Å². The summed E-state index contributed by atoms with van der Waals surface area (Å²) in [6.45, 7) is 1.69. The summed E-state index contributed by atoms with van der Waals surface area (Å²) in [5.41, 5.74) is 15.9. The van der Waals surface area contributed by atoms with Crippen LogP contribution in [0.4, 0.5) is 22.7 Å². The van der Waals surface area contributed by atoms with E-state index in [0.29, 0.717) is 31.0 Å². The van der Waals surface area contributed by atoms with Crippen molar-refractivity contribution in [3.8, 4) is 0 Å². The first-order valence-electron chi connectivity index (χ1n) is 8.26. The van der Waals surface area contributed by atoms with Crippen LogP contribution in [-0.2, 0) is 0 Å². The number of rotatable bonds is 9. The van der Waals surface area contributed by atoms with Crippen molar-refractivity contribution < 1.29 is 10.2 Å². The lowest BCUT2D eigenvalue weighted by Gasteiger charge is -2.23. The number of hydrogen-bond acceptors (Lipinski definition) is 6. The molecule has 0 spiro atoms. The Kier molecular flexibility index (Phi) is 7.13. The molecule has 0 aliphatic heterocycles. The first-order chi connectivity index (χ1) is 12.1. The average Bonchev–Trinajstić information content (AvgIpc) is 2.61. The predicted octanol–water partition coefficient (Wildman–Crippen LogP) is 1.77. The molecule has 0 saturated carbocycles. The van der Waals surface area contributed by atoms with Crippen molar-refractivity contribution in [2.24, 2.45) is 0 Å². The molecule has 0 radical (unpaired) electrons. The van der Waals surface area contributed by atoms with Gasteiger partial charge < -0.3 is 31.9 Å². The predicted molar refractivity (Wildman–Crippen MR) is 106 cm³/mol. The summed E-state index contributed by atoms with van der Waals surface area (Å²) in [5, 5.41) is 21.6. The number of aliphatic hydroxyl groups excluding tert-OH is 2. The second-order valence-corrected chi connectivity index (χ2v) is 5.66. The van der Waals surface area contributed by atoms with Gasteiger partial charge in [-0.2, -0.15) is 0 Å². The van der Waals surface area contributed by atoms with Crippen LogP contribution in [0.15, 0.2) is 48.5 Å². The largest absolute Gasteiger partial charge is 0.399 e. The number of nitrogen functional groups attached to an aromatic ring is 2. The Morgan fingerprint density at radius 2 is 1.76 bits per heavy atom. The van der Waals surface area contributed by atoms with Crippen molar-refractivity contribution in [3.05, 3.63) is 54.1 Å². The first-order valence-corrected chi connectivity index (χ1v) is 8.26. The fourth-order valence-electron chi connectivity index (χ4n) is 2.52. The SMILES string of the molecule is Nc1ccc(N)c(/C=C/CNc2cccc(N(CCO)CCO)c2)c1. The fourth-order valence-corrected chi connectivity index (χ4v) is 2.52. The topological polar surface area (TPSA) is 108 Å². The van der Waals surface area contributed by atoms with E-state index in [1.54, 1.807) is 12.1 Å². The van der Waals surface area contributed by atoms with E-state index in [-0.39, 0.29) is 13.2 Å². The second kappa shape index (κ2) is 9.56. The maximum absolute atomic E-state index is 9.15. The lowest BCUT2D eigenvalue weighted by atomic mass is 10.1. The van der Waals surface area contributed by atoms with Crippen molar-refractivity contribution in [1.29, 1.82) is 0 Å². The molecule has 0 aromatic heterocycles.